The number of aromatic amines is 1. The summed E-state index contributed by atoms with van der Waals surface area (Å²) in [6.07, 6.45) is 0. The predicted octanol–water partition coefficient (Wildman–Crippen LogP) is 3.21. The average Bonchev–Trinajstić information content (AvgIpc) is 3.14. The summed E-state index contributed by atoms with van der Waals surface area (Å²) in [5.41, 5.74) is 1.24. The Morgan fingerprint density at radius 1 is 1.12 bits per heavy atom. The van der Waals surface area contributed by atoms with Crippen molar-refractivity contribution in [2.75, 3.05) is 0 Å². The van der Waals surface area contributed by atoms with Crippen LogP contribution in [0.15, 0.2) is 57.7 Å². The van der Waals surface area contributed by atoms with Gasteiger partial charge in [-0.1, -0.05) is 28.9 Å². The Morgan fingerprint density at radius 2 is 1.96 bits per heavy atom. The Labute approximate surface area is 146 Å². The van der Waals surface area contributed by atoms with E-state index >= 15 is 0 Å². The highest BCUT2D eigenvalue weighted by Crippen LogP contribution is 2.25. The van der Waals surface area contributed by atoms with E-state index in [2.05, 4.69) is 20.6 Å². The molecule has 0 aliphatic heterocycles. The summed E-state index contributed by atoms with van der Waals surface area (Å²) in [6, 6.07) is 14.1. The number of hydrogen-bond donors (Lipinski definition) is 1. The largest absolute Gasteiger partial charge is 0.485 e. The molecule has 0 saturated carbocycles. The number of halogens is 1. The van der Waals surface area contributed by atoms with Gasteiger partial charge in [-0.15, -0.1) is 10.2 Å². The first-order valence-electron chi connectivity index (χ1n) is 7.38. The number of nitrogens with one attached hydrogen (secondary N) is 1. The molecule has 8 heteroatoms. The normalized spacial score (nSPS) is 10.9. The first-order valence-corrected chi connectivity index (χ1v) is 7.76. The number of aromatic nitrogens is 4. The number of benzene rings is 2. The second-order valence-electron chi connectivity index (χ2n) is 5.27. The highest BCUT2D eigenvalue weighted by Gasteiger charge is 2.09. The average molecular weight is 355 g/mol. The molecule has 0 saturated heterocycles. The fourth-order valence-corrected chi connectivity index (χ4v) is 2.53. The van der Waals surface area contributed by atoms with Crippen LogP contribution < -0.4 is 10.4 Å². The van der Waals surface area contributed by atoms with E-state index in [1.807, 2.05) is 6.07 Å². The van der Waals surface area contributed by atoms with Gasteiger partial charge in [0.05, 0.1) is 5.56 Å². The molecule has 2 aromatic heterocycles. The lowest BCUT2D eigenvalue weighted by atomic mass is 10.1. The molecule has 1 N–H and O–H groups in total. The van der Waals surface area contributed by atoms with Crippen molar-refractivity contribution in [1.82, 2.24) is 20.6 Å². The van der Waals surface area contributed by atoms with Gasteiger partial charge in [0.1, 0.15) is 11.3 Å². The van der Waals surface area contributed by atoms with Gasteiger partial charge in [-0.05, 0) is 35.9 Å². The van der Waals surface area contributed by atoms with Crippen molar-refractivity contribution in [2.24, 2.45) is 0 Å². The third-order valence-corrected chi connectivity index (χ3v) is 3.87. The molecular formula is C17H11ClN4O3. The minimum atomic E-state index is -0.426. The molecule has 0 atom stereocenters. The zero-order chi connectivity index (χ0) is 17.2. The van der Waals surface area contributed by atoms with Crippen molar-refractivity contribution in [3.63, 3.8) is 0 Å². The van der Waals surface area contributed by atoms with Crippen LogP contribution in [0.25, 0.3) is 22.1 Å². The van der Waals surface area contributed by atoms with Gasteiger partial charge in [0.25, 0.3) is 0 Å². The van der Waals surface area contributed by atoms with Crippen LogP contribution in [0.3, 0.4) is 0 Å². The maximum absolute atomic E-state index is 12.3. The van der Waals surface area contributed by atoms with Gasteiger partial charge in [0, 0.05) is 16.5 Å². The molecule has 0 aliphatic carbocycles. The van der Waals surface area contributed by atoms with E-state index in [0.29, 0.717) is 27.7 Å². The van der Waals surface area contributed by atoms with Gasteiger partial charge < -0.3 is 9.15 Å². The molecule has 4 aromatic rings. The highest BCUT2D eigenvalue weighted by molar-refractivity contribution is 6.30. The van der Waals surface area contributed by atoms with Gasteiger partial charge in [-0.3, -0.25) is 0 Å². The quantitative estimate of drug-likeness (QED) is 0.565. The van der Waals surface area contributed by atoms with Gasteiger partial charge >= 0.3 is 5.63 Å². The van der Waals surface area contributed by atoms with E-state index in [0.717, 1.165) is 10.9 Å². The number of rotatable bonds is 4. The fraction of sp³-hybridized carbons (Fsp3) is 0.0588. The summed E-state index contributed by atoms with van der Waals surface area (Å²) in [7, 11) is 0. The van der Waals surface area contributed by atoms with E-state index in [9.17, 15) is 4.79 Å². The van der Waals surface area contributed by atoms with Gasteiger partial charge in [-0.25, -0.2) is 4.79 Å². The summed E-state index contributed by atoms with van der Waals surface area (Å²) in [5.74, 6) is 0.972. The van der Waals surface area contributed by atoms with Gasteiger partial charge in [-0.2, -0.15) is 5.21 Å². The number of ether oxygens (including phenoxy) is 1. The molecule has 0 radical (unpaired) electrons. The number of hydrogen-bond acceptors (Lipinski definition) is 6. The SMILES string of the molecule is O=c1oc2cc(OCc3nn[nH]n3)ccc2cc1-c1ccc(Cl)cc1. The first kappa shape index (κ1) is 15.3. The van der Waals surface area contributed by atoms with Crippen molar-refractivity contribution in [3.05, 3.63) is 69.8 Å². The van der Waals surface area contributed by atoms with Crippen LogP contribution in [-0.4, -0.2) is 20.6 Å². The number of nitrogens with zero attached hydrogens (tertiary/aromatic N) is 3. The standard InChI is InChI=1S/C17H11ClN4O3/c18-12-4-1-10(2-5-12)14-7-11-3-6-13(8-15(11)25-17(14)23)24-9-16-19-21-22-20-16/h1-8H,9H2,(H,19,20,21,22). The topological polar surface area (TPSA) is 93.9 Å². The van der Waals surface area contributed by atoms with Crippen LogP contribution >= 0.6 is 11.6 Å². The van der Waals surface area contributed by atoms with Crippen LogP contribution in [0.4, 0.5) is 0 Å². The second-order valence-corrected chi connectivity index (χ2v) is 5.71. The third-order valence-electron chi connectivity index (χ3n) is 3.62. The third kappa shape index (κ3) is 3.22. The van der Waals surface area contributed by atoms with Crippen LogP contribution in [0, 0.1) is 0 Å². The molecule has 4 rings (SSSR count). The van der Waals surface area contributed by atoms with Crippen LogP contribution in [0.5, 0.6) is 5.75 Å². The zero-order valence-electron chi connectivity index (χ0n) is 12.8. The fourth-order valence-electron chi connectivity index (χ4n) is 2.40. The van der Waals surface area contributed by atoms with Crippen LogP contribution in [-0.2, 0) is 6.61 Å². The Kier molecular flexibility index (Phi) is 3.91. The molecule has 2 heterocycles. The molecule has 2 aromatic carbocycles. The minimum Gasteiger partial charge on any atom is -0.485 e. The van der Waals surface area contributed by atoms with Crippen LogP contribution in [0.2, 0.25) is 5.02 Å². The van der Waals surface area contributed by atoms with E-state index < -0.39 is 5.63 Å². The molecule has 25 heavy (non-hydrogen) atoms. The molecule has 7 nitrogen and oxygen atoms in total. The van der Waals surface area contributed by atoms with Crippen LogP contribution in [0.1, 0.15) is 5.82 Å². The minimum absolute atomic E-state index is 0.162. The van der Waals surface area contributed by atoms with E-state index in [-0.39, 0.29) is 6.61 Å². The van der Waals surface area contributed by atoms with Gasteiger partial charge in [0.2, 0.25) is 5.82 Å². The number of tetrazole rings is 1. The summed E-state index contributed by atoms with van der Waals surface area (Å²) in [5, 5.41) is 14.8. The summed E-state index contributed by atoms with van der Waals surface area (Å²) in [6.45, 7) is 0.162. The molecule has 0 bridgehead atoms. The lowest BCUT2D eigenvalue weighted by Crippen LogP contribution is -2.03. The Bertz CT molecular complexity index is 1080. The number of H-pyrrole nitrogens is 1. The van der Waals surface area contributed by atoms with Crippen molar-refractivity contribution >= 4 is 22.6 Å². The van der Waals surface area contributed by atoms with Crippen molar-refractivity contribution in [1.29, 1.82) is 0 Å². The Balaban J connectivity index is 1.66. The Morgan fingerprint density at radius 3 is 2.72 bits per heavy atom. The lowest BCUT2D eigenvalue weighted by Gasteiger charge is -2.06. The summed E-state index contributed by atoms with van der Waals surface area (Å²) < 4.78 is 11.0. The Hall–Kier alpha value is -3.19. The molecule has 0 spiro atoms. The number of fused-ring (bicyclic) bond motifs is 1. The molecule has 124 valence electrons. The van der Waals surface area contributed by atoms with Crippen molar-refractivity contribution in [2.45, 2.75) is 6.61 Å². The smallest absolute Gasteiger partial charge is 0.344 e. The van der Waals surface area contributed by atoms with Crippen molar-refractivity contribution in [3.8, 4) is 16.9 Å². The maximum Gasteiger partial charge on any atom is 0.344 e. The van der Waals surface area contributed by atoms with E-state index in [1.165, 1.54) is 0 Å². The molecule has 0 amide bonds. The van der Waals surface area contributed by atoms with E-state index in [1.54, 1.807) is 42.5 Å². The summed E-state index contributed by atoms with van der Waals surface area (Å²) >= 11 is 5.89. The molecule has 0 fully saturated rings. The molecule has 0 unspecified atom stereocenters. The zero-order valence-corrected chi connectivity index (χ0v) is 13.5. The molecular weight excluding hydrogens is 344 g/mol. The van der Waals surface area contributed by atoms with Gasteiger partial charge in [0.15, 0.2) is 6.61 Å². The highest BCUT2D eigenvalue weighted by atomic mass is 35.5. The lowest BCUT2D eigenvalue weighted by molar-refractivity contribution is 0.296. The van der Waals surface area contributed by atoms with Crippen molar-refractivity contribution < 1.29 is 9.15 Å². The first-order chi connectivity index (χ1) is 12.2. The molecule has 0 aliphatic rings. The second kappa shape index (κ2) is 6.37. The summed E-state index contributed by atoms with van der Waals surface area (Å²) in [4.78, 5) is 12.3. The predicted molar refractivity (Wildman–Crippen MR) is 91.4 cm³/mol. The monoisotopic (exact) mass is 354 g/mol. The maximum atomic E-state index is 12.3. The van der Waals surface area contributed by atoms with E-state index in [4.69, 9.17) is 20.8 Å².